The summed E-state index contributed by atoms with van der Waals surface area (Å²) in [5, 5.41) is 1.05. The van der Waals surface area contributed by atoms with Crippen LogP contribution in [-0.2, 0) is 10.1 Å². The number of anilines is 1. The third kappa shape index (κ3) is 2.56. The third-order valence-corrected chi connectivity index (χ3v) is 2.99. The first-order valence-corrected chi connectivity index (χ1v) is 5.63. The zero-order valence-corrected chi connectivity index (χ0v) is 11.5. The van der Waals surface area contributed by atoms with Crippen LogP contribution in [0.5, 0.6) is 0 Å². The van der Waals surface area contributed by atoms with Crippen LogP contribution < -0.4 is 35.3 Å². The largest absolute Gasteiger partial charge is 1.00 e. The molecule has 16 heavy (non-hydrogen) atoms. The Morgan fingerprint density at radius 2 is 1.75 bits per heavy atom. The molecular formula is C10H8NNaO3S. The molecule has 2 N–H and O–H groups in total. The predicted octanol–water partition coefficient (Wildman–Crippen LogP) is -1.67. The second-order valence-electron chi connectivity index (χ2n) is 3.19. The molecule has 2 aromatic carbocycles. The molecule has 0 spiro atoms. The molecule has 0 radical (unpaired) electrons. The fourth-order valence-electron chi connectivity index (χ4n) is 1.50. The van der Waals surface area contributed by atoms with Gasteiger partial charge in [0.2, 0.25) is 0 Å². The summed E-state index contributed by atoms with van der Waals surface area (Å²) in [5.41, 5.74) is 5.78. The van der Waals surface area contributed by atoms with Crippen molar-refractivity contribution in [2.24, 2.45) is 0 Å². The predicted molar refractivity (Wildman–Crippen MR) is 56.3 cm³/mol. The Kier molecular flexibility index (Phi) is 3.98. The van der Waals surface area contributed by atoms with Gasteiger partial charge >= 0.3 is 29.6 Å². The molecule has 0 bridgehead atoms. The normalized spacial score (nSPS) is 11.1. The maximum Gasteiger partial charge on any atom is 1.00 e. The van der Waals surface area contributed by atoms with Crippen molar-refractivity contribution in [2.45, 2.75) is 4.90 Å². The number of hydrogen-bond acceptors (Lipinski definition) is 4. The van der Waals surface area contributed by atoms with Gasteiger partial charge in [-0.2, -0.15) is 0 Å². The molecule has 0 fully saturated rings. The Morgan fingerprint density at radius 3 is 2.38 bits per heavy atom. The van der Waals surface area contributed by atoms with E-state index in [1.807, 2.05) is 0 Å². The van der Waals surface area contributed by atoms with Crippen molar-refractivity contribution in [3.05, 3.63) is 36.4 Å². The first kappa shape index (κ1) is 13.5. The molecule has 0 aliphatic carbocycles. The Balaban J connectivity index is 0.00000128. The Hall–Kier alpha value is -0.590. The van der Waals surface area contributed by atoms with Gasteiger partial charge in [0.1, 0.15) is 10.1 Å². The first-order chi connectivity index (χ1) is 6.98. The molecular weight excluding hydrogens is 237 g/mol. The zero-order chi connectivity index (χ0) is 11.1. The average molecular weight is 245 g/mol. The summed E-state index contributed by atoms with van der Waals surface area (Å²) in [5.74, 6) is 0. The van der Waals surface area contributed by atoms with E-state index in [4.69, 9.17) is 5.73 Å². The van der Waals surface area contributed by atoms with E-state index >= 15 is 0 Å². The molecule has 0 aromatic heterocycles. The maximum atomic E-state index is 11.0. The van der Waals surface area contributed by atoms with Crippen molar-refractivity contribution in [2.75, 3.05) is 5.73 Å². The van der Waals surface area contributed by atoms with E-state index in [0.29, 0.717) is 10.8 Å². The Morgan fingerprint density at radius 1 is 1.12 bits per heavy atom. The van der Waals surface area contributed by atoms with Crippen LogP contribution >= 0.6 is 0 Å². The van der Waals surface area contributed by atoms with Crippen molar-refractivity contribution in [1.82, 2.24) is 0 Å². The molecule has 0 atom stereocenters. The summed E-state index contributed by atoms with van der Waals surface area (Å²) < 4.78 is 33.0. The van der Waals surface area contributed by atoms with E-state index in [-0.39, 0.29) is 40.1 Å². The Bertz CT molecular complexity index is 625. The van der Waals surface area contributed by atoms with Gasteiger partial charge in [-0.05, 0) is 22.9 Å². The van der Waals surface area contributed by atoms with Gasteiger partial charge < -0.3 is 10.3 Å². The third-order valence-electron chi connectivity index (χ3n) is 2.12. The van der Waals surface area contributed by atoms with Gasteiger partial charge in [0.05, 0.1) is 4.90 Å². The summed E-state index contributed by atoms with van der Waals surface area (Å²) in [6, 6.07) is 9.53. The smallest absolute Gasteiger partial charge is 0.744 e. The monoisotopic (exact) mass is 245 g/mol. The summed E-state index contributed by atoms with van der Waals surface area (Å²) in [7, 11) is -4.48. The number of nitrogen functional groups attached to an aromatic ring is 1. The molecule has 0 amide bonds. The molecule has 0 heterocycles. The van der Waals surface area contributed by atoms with E-state index in [0.717, 1.165) is 0 Å². The van der Waals surface area contributed by atoms with E-state index in [1.165, 1.54) is 6.07 Å². The van der Waals surface area contributed by atoms with Gasteiger partial charge in [0.15, 0.2) is 0 Å². The first-order valence-electron chi connectivity index (χ1n) is 4.22. The minimum atomic E-state index is -4.48. The topological polar surface area (TPSA) is 83.2 Å². The number of fused-ring (bicyclic) bond motifs is 1. The number of benzene rings is 2. The number of hydrogen-bond donors (Lipinski definition) is 1. The summed E-state index contributed by atoms with van der Waals surface area (Å²) in [6.07, 6.45) is 0. The molecule has 0 unspecified atom stereocenters. The molecule has 2 aromatic rings. The van der Waals surface area contributed by atoms with E-state index in [2.05, 4.69) is 0 Å². The molecule has 2 rings (SSSR count). The molecule has 4 nitrogen and oxygen atoms in total. The van der Waals surface area contributed by atoms with Crippen LogP contribution in [0, 0.1) is 0 Å². The Labute approximate surface area is 115 Å². The van der Waals surface area contributed by atoms with E-state index < -0.39 is 10.1 Å². The number of rotatable bonds is 1. The number of nitrogens with two attached hydrogens (primary N) is 1. The molecule has 0 aliphatic rings. The average Bonchev–Trinajstić information content (AvgIpc) is 2.15. The van der Waals surface area contributed by atoms with Crippen LogP contribution in [0.2, 0.25) is 0 Å². The van der Waals surface area contributed by atoms with Gasteiger partial charge in [0.25, 0.3) is 0 Å². The van der Waals surface area contributed by atoms with Gasteiger partial charge in [-0.25, -0.2) is 8.42 Å². The minimum Gasteiger partial charge on any atom is -0.744 e. The van der Waals surface area contributed by atoms with Gasteiger partial charge in [-0.15, -0.1) is 0 Å². The fraction of sp³-hybridized carbons (Fsp3) is 0. The maximum absolute atomic E-state index is 11.0. The summed E-state index contributed by atoms with van der Waals surface area (Å²) in [4.78, 5) is -0.266. The van der Waals surface area contributed by atoms with Crippen molar-refractivity contribution in [3.63, 3.8) is 0 Å². The van der Waals surface area contributed by atoms with E-state index in [1.54, 1.807) is 30.3 Å². The molecule has 78 valence electrons. The molecule has 6 heteroatoms. The van der Waals surface area contributed by atoms with Crippen LogP contribution in [0.1, 0.15) is 0 Å². The van der Waals surface area contributed by atoms with E-state index in [9.17, 15) is 13.0 Å². The second-order valence-corrected chi connectivity index (χ2v) is 4.54. The van der Waals surface area contributed by atoms with Crippen LogP contribution in [0.4, 0.5) is 5.69 Å². The zero-order valence-electron chi connectivity index (χ0n) is 8.67. The van der Waals surface area contributed by atoms with Crippen molar-refractivity contribution >= 4 is 26.6 Å². The molecule has 0 aliphatic heterocycles. The molecule has 0 saturated heterocycles. The summed E-state index contributed by atoms with van der Waals surface area (Å²) >= 11 is 0. The second kappa shape index (κ2) is 4.73. The van der Waals surface area contributed by atoms with Crippen molar-refractivity contribution in [3.8, 4) is 0 Å². The quantitative estimate of drug-likeness (QED) is 0.370. The fourth-order valence-corrected chi connectivity index (χ4v) is 2.24. The molecule has 0 saturated carbocycles. The van der Waals surface area contributed by atoms with Crippen molar-refractivity contribution < 1.29 is 42.5 Å². The van der Waals surface area contributed by atoms with Crippen LogP contribution in [-0.4, -0.2) is 13.0 Å². The van der Waals surface area contributed by atoms with Gasteiger partial charge in [-0.3, -0.25) is 0 Å². The minimum absolute atomic E-state index is 0. The van der Waals surface area contributed by atoms with Crippen LogP contribution in [0.25, 0.3) is 10.8 Å². The van der Waals surface area contributed by atoms with Crippen LogP contribution in [0.3, 0.4) is 0 Å². The standard InChI is InChI=1S/C10H9NO3S.Na/c11-8-5-7-3-1-2-4-9(7)10(6-8)15(12,13)14;/h1-6H,11H2,(H,12,13,14);/q;+1/p-1. The van der Waals surface area contributed by atoms with Crippen LogP contribution in [0.15, 0.2) is 41.3 Å². The summed E-state index contributed by atoms with van der Waals surface area (Å²) in [6.45, 7) is 0. The van der Waals surface area contributed by atoms with Gasteiger partial charge in [-0.1, -0.05) is 24.3 Å². The van der Waals surface area contributed by atoms with Crippen molar-refractivity contribution in [1.29, 1.82) is 0 Å². The van der Waals surface area contributed by atoms with Gasteiger partial charge in [0, 0.05) is 5.69 Å². The SMILES string of the molecule is Nc1cc(S(=O)(=O)[O-])c2ccccc2c1.[Na+].